The zero-order chi connectivity index (χ0) is 31.4. The highest BCUT2D eigenvalue weighted by Crippen LogP contribution is 2.33. The Labute approximate surface area is 241 Å². The Morgan fingerprint density at radius 3 is 2.42 bits per heavy atom. The molecule has 16 heteroatoms. The van der Waals surface area contributed by atoms with E-state index in [4.69, 9.17) is 14.6 Å². The van der Waals surface area contributed by atoms with E-state index in [2.05, 4.69) is 31.1 Å². The van der Waals surface area contributed by atoms with Crippen molar-refractivity contribution in [3.8, 4) is 17.0 Å². The van der Waals surface area contributed by atoms with Crippen molar-refractivity contribution < 1.29 is 45.0 Å². The molecule has 0 aliphatic carbocycles. The zero-order valence-corrected chi connectivity index (χ0v) is 22.9. The molecular formula is C27H22F5N5O5S. The number of anilines is 1. The molecule has 0 amide bonds. The molecule has 43 heavy (non-hydrogen) atoms. The number of methoxy groups -OCH3 is 1. The first-order valence-electron chi connectivity index (χ1n) is 12.3. The number of pyridine rings is 1. The lowest BCUT2D eigenvalue weighted by atomic mass is 9.98. The summed E-state index contributed by atoms with van der Waals surface area (Å²) in [5, 5.41) is 11.3. The van der Waals surface area contributed by atoms with Crippen LogP contribution in [0.3, 0.4) is 0 Å². The molecule has 3 heterocycles. The summed E-state index contributed by atoms with van der Waals surface area (Å²) in [6, 6.07) is 9.41. The number of aliphatic carboxylic acids is 1. The minimum Gasteiger partial charge on any atom is -0.480 e. The molecule has 2 aromatic carbocycles. The number of carbonyl (C=O) groups is 1. The van der Waals surface area contributed by atoms with Gasteiger partial charge in [0, 0.05) is 29.8 Å². The van der Waals surface area contributed by atoms with Crippen molar-refractivity contribution >= 4 is 38.2 Å². The average molecular weight is 624 g/mol. The van der Waals surface area contributed by atoms with Crippen LogP contribution in [0.5, 0.6) is 5.88 Å². The van der Waals surface area contributed by atoms with Crippen LogP contribution in [0.1, 0.15) is 12.1 Å². The van der Waals surface area contributed by atoms with Crippen LogP contribution in [0.15, 0.2) is 66.0 Å². The number of hydrogen-bond acceptors (Lipinski definition) is 8. The van der Waals surface area contributed by atoms with Gasteiger partial charge in [0.1, 0.15) is 28.5 Å². The first kappa shape index (κ1) is 31.2. The predicted molar refractivity (Wildman–Crippen MR) is 146 cm³/mol. The molecule has 1 aliphatic heterocycles. The quantitative estimate of drug-likeness (QED) is 0.258. The van der Waals surface area contributed by atoms with E-state index in [1.807, 2.05) is 18.2 Å². The summed E-state index contributed by atoms with van der Waals surface area (Å²) in [7, 11) is -3.06. The van der Waals surface area contributed by atoms with E-state index in [1.165, 1.54) is 13.4 Å². The van der Waals surface area contributed by atoms with Crippen LogP contribution in [0.2, 0.25) is 0 Å². The summed E-state index contributed by atoms with van der Waals surface area (Å²) in [5.74, 6) is -4.85. The Morgan fingerprint density at radius 1 is 1.05 bits per heavy atom. The summed E-state index contributed by atoms with van der Waals surface area (Å²) in [6.07, 6.45) is 0.945. The van der Waals surface area contributed by atoms with Gasteiger partial charge in [0.2, 0.25) is 5.88 Å². The molecule has 5 rings (SSSR count). The maximum Gasteiger partial charge on any atom is 0.490 e. The summed E-state index contributed by atoms with van der Waals surface area (Å²) in [5.41, 5.74) is 4.08. The monoisotopic (exact) mass is 623 g/mol. The molecule has 0 saturated heterocycles. The van der Waals surface area contributed by atoms with E-state index in [0.29, 0.717) is 11.6 Å². The maximum atomic E-state index is 14.2. The van der Waals surface area contributed by atoms with Crippen molar-refractivity contribution in [2.24, 2.45) is 0 Å². The number of nitrogens with zero attached hydrogens (tertiary/aromatic N) is 3. The number of alkyl halides is 3. The second-order valence-electron chi connectivity index (χ2n) is 8.90. The Hall–Kier alpha value is -4.70. The standard InChI is InChI=1S/C25H21F2N5O3S.C2HF3O2/c1-35-25-22(32-36(33,34)23-5-3-18(26)12-20(23)27)11-17(13-29-25)16-2-4-21-19(10-16)24(31-14-30-21)15-6-8-28-9-7-15;3-2(4,5)1(6)7/h2-6,10-14,28,32H,7-9H2,1H3;(H,6,7). The van der Waals surface area contributed by atoms with E-state index < -0.39 is 38.7 Å². The van der Waals surface area contributed by atoms with Crippen molar-refractivity contribution in [3.05, 3.63) is 78.4 Å². The normalized spacial score (nSPS) is 13.5. The van der Waals surface area contributed by atoms with Crippen molar-refractivity contribution in [1.29, 1.82) is 0 Å². The van der Waals surface area contributed by atoms with E-state index >= 15 is 0 Å². The highest BCUT2D eigenvalue weighted by atomic mass is 32.2. The van der Waals surface area contributed by atoms with Crippen LogP contribution in [-0.4, -0.2) is 60.8 Å². The van der Waals surface area contributed by atoms with Gasteiger partial charge in [0.05, 0.1) is 18.3 Å². The molecule has 0 bridgehead atoms. The van der Waals surface area contributed by atoms with Crippen LogP contribution in [0, 0.1) is 11.6 Å². The number of hydrogen-bond donors (Lipinski definition) is 3. The molecule has 4 aromatic rings. The van der Waals surface area contributed by atoms with E-state index in [-0.39, 0.29) is 11.6 Å². The average Bonchev–Trinajstić information content (AvgIpc) is 2.96. The smallest absolute Gasteiger partial charge is 0.480 e. The van der Waals surface area contributed by atoms with Gasteiger partial charge in [-0.3, -0.25) is 4.72 Å². The maximum absolute atomic E-state index is 14.2. The Morgan fingerprint density at radius 2 is 1.79 bits per heavy atom. The van der Waals surface area contributed by atoms with Crippen molar-refractivity contribution in [2.75, 3.05) is 24.9 Å². The third-order valence-corrected chi connectivity index (χ3v) is 7.45. The number of ether oxygens (including phenoxy) is 1. The lowest BCUT2D eigenvalue weighted by Gasteiger charge is -2.16. The highest BCUT2D eigenvalue weighted by Gasteiger charge is 2.38. The molecule has 0 unspecified atom stereocenters. The van der Waals surface area contributed by atoms with Gasteiger partial charge in [-0.15, -0.1) is 0 Å². The summed E-state index contributed by atoms with van der Waals surface area (Å²) >= 11 is 0. The first-order valence-corrected chi connectivity index (χ1v) is 13.8. The number of carboxylic acid groups (broad SMARTS) is 1. The predicted octanol–water partition coefficient (Wildman–Crippen LogP) is 4.79. The van der Waals surface area contributed by atoms with Crippen LogP contribution < -0.4 is 14.8 Å². The van der Waals surface area contributed by atoms with Crippen LogP contribution in [0.25, 0.3) is 27.6 Å². The molecule has 0 spiro atoms. The van der Waals surface area contributed by atoms with E-state index in [9.17, 15) is 30.4 Å². The summed E-state index contributed by atoms with van der Waals surface area (Å²) in [6.45, 7) is 1.62. The molecule has 0 saturated carbocycles. The molecule has 3 N–H and O–H groups in total. The summed E-state index contributed by atoms with van der Waals surface area (Å²) in [4.78, 5) is 21.3. The fourth-order valence-corrected chi connectivity index (χ4v) is 5.18. The molecule has 1 aliphatic rings. The molecule has 2 aromatic heterocycles. The Bertz CT molecular complexity index is 1820. The second-order valence-corrected chi connectivity index (χ2v) is 10.6. The minimum absolute atomic E-state index is 0.00409. The number of aromatic nitrogens is 3. The van der Waals surface area contributed by atoms with Gasteiger partial charge in [0.25, 0.3) is 10.0 Å². The van der Waals surface area contributed by atoms with Gasteiger partial charge < -0.3 is 15.2 Å². The van der Waals surface area contributed by atoms with Crippen LogP contribution >= 0.6 is 0 Å². The first-order chi connectivity index (χ1) is 20.3. The number of fused-ring (bicyclic) bond motifs is 1. The molecule has 0 radical (unpaired) electrons. The molecular weight excluding hydrogens is 601 g/mol. The van der Waals surface area contributed by atoms with Crippen molar-refractivity contribution in [3.63, 3.8) is 0 Å². The van der Waals surface area contributed by atoms with Gasteiger partial charge in [-0.1, -0.05) is 12.1 Å². The molecule has 0 fully saturated rings. The second kappa shape index (κ2) is 12.7. The number of sulfonamides is 1. The topological polar surface area (TPSA) is 143 Å². The third-order valence-electron chi connectivity index (χ3n) is 6.05. The van der Waals surface area contributed by atoms with Gasteiger partial charge >= 0.3 is 12.1 Å². The fourth-order valence-electron chi connectivity index (χ4n) is 4.07. The van der Waals surface area contributed by atoms with Crippen molar-refractivity contribution in [1.82, 2.24) is 20.3 Å². The molecule has 10 nitrogen and oxygen atoms in total. The lowest BCUT2D eigenvalue weighted by Crippen LogP contribution is -2.21. The van der Waals surface area contributed by atoms with Gasteiger partial charge in [-0.2, -0.15) is 13.2 Å². The fraction of sp³-hybridized carbons (Fsp3) is 0.185. The van der Waals surface area contributed by atoms with Gasteiger partial charge in [-0.25, -0.2) is 36.9 Å². The van der Waals surface area contributed by atoms with Gasteiger partial charge in [-0.05, 0) is 54.4 Å². The SMILES string of the molecule is COc1ncc(-c2ccc3ncnc(C4=CCNCC4)c3c2)cc1NS(=O)(=O)c1ccc(F)cc1F.O=C(O)C(F)(F)F. The minimum atomic E-state index is -5.08. The Kier molecular flexibility index (Phi) is 9.20. The van der Waals surface area contributed by atoms with Crippen LogP contribution in [-0.2, 0) is 14.8 Å². The Balaban J connectivity index is 0.000000541. The lowest BCUT2D eigenvalue weighted by molar-refractivity contribution is -0.192. The number of halogens is 5. The largest absolute Gasteiger partial charge is 0.490 e. The van der Waals surface area contributed by atoms with E-state index in [0.717, 1.165) is 59.4 Å². The van der Waals surface area contributed by atoms with Crippen LogP contribution in [0.4, 0.5) is 27.6 Å². The molecule has 226 valence electrons. The number of benzene rings is 2. The zero-order valence-electron chi connectivity index (χ0n) is 22.1. The highest BCUT2D eigenvalue weighted by molar-refractivity contribution is 7.92. The number of carboxylic acids is 1. The number of nitrogens with one attached hydrogen (secondary N) is 2. The third kappa shape index (κ3) is 7.39. The number of rotatable bonds is 6. The summed E-state index contributed by atoms with van der Waals surface area (Å²) < 4.78 is 92.4. The van der Waals surface area contributed by atoms with E-state index in [1.54, 1.807) is 12.3 Å². The van der Waals surface area contributed by atoms with Crippen molar-refractivity contribution in [2.45, 2.75) is 17.5 Å². The van der Waals surface area contributed by atoms with Gasteiger partial charge in [0.15, 0.2) is 0 Å². The molecule has 0 atom stereocenters.